The molecule has 0 aromatic heterocycles. The van der Waals surface area contributed by atoms with E-state index in [0.29, 0.717) is 0 Å². The van der Waals surface area contributed by atoms with Crippen LogP contribution in [-0.4, -0.2) is 19.0 Å². The molecular formula is C19H11Cl5N2NaO5S+. The van der Waals surface area contributed by atoms with Crippen molar-refractivity contribution in [2.45, 2.75) is 4.90 Å². The minimum Gasteiger partial charge on any atom is -0.454 e. The van der Waals surface area contributed by atoms with Gasteiger partial charge in [0.15, 0.2) is 5.75 Å². The fraction of sp³-hybridized carbons (Fsp3) is 0. The largest absolute Gasteiger partial charge is 1.00 e. The molecule has 2 amide bonds. The first-order chi connectivity index (χ1) is 14.9. The van der Waals surface area contributed by atoms with Crippen LogP contribution in [0.15, 0.2) is 53.4 Å². The van der Waals surface area contributed by atoms with Gasteiger partial charge in [0.05, 0.1) is 26.4 Å². The first-order valence-corrected chi connectivity index (χ1v) is 11.7. The molecule has 0 fully saturated rings. The van der Waals surface area contributed by atoms with Gasteiger partial charge in [0.25, 0.3) is 10.1 Å². The quantitative estimate of drug-likeness (QED) is 0.232. The van der Waals surface area contributed by atoms with Gasteiger partial charge in [-0.25, -0.2) is 4.79 Å². The third-order valence-corrected chi connectivity index (χ3v) is 6.23. The summed E-state index contributed by atoms with van der Waals surface area (Å²) in [6.07, 6.45) is 0. The summed E-state index contributed by atoms with van der Waals surface area (Å²) in [5, 5.41) is 5.89. The van der Waals surface area contributed by atoms with Crippen molar-refractivity contribution in [3.8, 4) is 11.5 Å². The molecular weight excluding hydrogens is 569 g/mol. The van der Waals surface area contributed by atoms with Crippen LogP contribution in [0.5, 0.6) is 11.5 Å². The monoisotopic (exact) mass is 577 g/mol. The Hall–Kier alpha value is -0.910. The van der Waals surface area contributed by atoms with E-state index in [2.05, 4.69) is 10.6 Å². The van der Waals surface area contributed by atoms with Gasteiger partial charge in [-0.15, -0.1) is 0 Å². The second-order valence-corrected chi connectivity index (χ2v) is 9.62. The maximum Gasteiger partial charge on any atom is 1.00 e. The molecule has 168 valence electrons. The van der Waals surface area contributed by atoms with Crippen molar-refractivity contribution >= 4 is 85.5 Å². The van der Waals surface area contributed by atoms with Crippen LogP contribution < -0.4 is 44.9 Å². The molecule has 14 heteroatoms. The fourth-order valence-corrected chi connectivity index (χ4v) is 4.11. The summed E-state index contributed by atoms with van der Waals surface area (Å²) in [5.74, 6) is -0.202. The molecule has 33 heavy (non-hydrogen) atoms. The molecule has 3 aromatic carbocycles. The summed E-state index contributed by atoms with van der Waals surface area (Å²) in [7, 11) is -4.65. The van der Waals surface area contributed by atoms with E-state index in [4.69, 9.17) is 62.7 Å². The van der Waals surface area contributed by atoms with Crippen LogP contribution in [0.4, 0.5) is 16.2 Å². The number of carbonyl (C=O) groups excluding carboxylic acids is 1. The van der Waals surface area contributed by atoms with Crippen LogP contribution in [0, 0.1) is 0 Å². The zero-order chi connectivity index (χ0) is 23.6. The Morgan fingerprint density at radius 1 is 0.758 bits per heavy atom. The zero-order valence-corrected chi connectivity index (χ0v) is 23.1. The smallest absolute Gasteiger partial charge is 0.454 e. The van der Waals surface area contributed by atoms with Crippen molar-refractivity contribution in [2.24, 2.45) is 0 Å². The van der Waals surface area contributed by atoms with Crippen LogP contribution >= 0.6 is 58.0 Å². The molecule has 0 saturated heterocycles. The normalized spacial score (nSPS) is 10.8. The van der Waals surface area contributed by atoms with E-state index in [1.807, 2.05) is 0 Å². The standard InChI is InChI=1S/C19H11Cl5N2O5S.Na/c20-9-1-3-16(31-17-4-2-10(21)6-18(17)32(28,29)30)15(5-9)26-19(27)25-14-8-12(23)11(22)7-13(14)24;/h1-8H,(H2,25,26,27)(H,28,29,30);/q;+1. The molecule has 0 saturated carbocycles. The second-order valence-electron chi connectivity index (χ2n) is 6.13. The van der Waals surface area contributed by atoms with Gasteiger partial charge >= 0.3 is 35.6 Å². The number of nitrogens with one attached hydrogen (secondary N) is 2. The van der Waals surface area contributed by atoms with Crippen LogP contribution in [0.25, 0.3) is 0 Å². The van der Waals surface area contributed by atoms with Crippen LogP contribution in [0.3, 0.4) is 0 Å². The Morgan fingerprint density at radius 3 is 1.94 bits per heavy atom. The van der Waals surface area contributed by atoms with Gasteiger partial charge in [-0.2, -0.15) is 8.42 Å². The number of urea groups is 1. The third kappa shape index (κ3) is 7.53. The molecule has 0 atom stereocenters. The molecule has 3 rings (SSSR count). The van der Waals surface area contributed by atoms with E-state index in [-0.39, 0.29) is 77.5 Å². The molecule has 0 heterocycles. The second kappa shape index (κ2) is 11.7. The number of ether oxygens (including phenoxy) is 1. The SMILES string of the molecule is O=C(Nc1cc(Cl)c(Cl)cc1Cl)Nc1cc(Cl)ccc1Oc1ccc(Cl)cc1S(=O)(=O)O.[Na+]. The summed E-state index contributed by atoms with van der Waals surface area (Å²) in [6.45, 7) is 0. The molecule has 0 spiro atoms. The number of benzene rings is 3. The summed E-state index contributed by atoms with van der Waals surface area (Å²) < 4.78 is 38.5. The minimum absolute atomic E-state index is 0. The third-order valence-electron chi connectivity index (χ3n) is 3.85. The summed E-state index contributed by atoms with van der Waals surface area (Å²) in [4.78, 5) is 12.0. The van der Waals surface area contributed by atoms with Gasteiger partial charge in [0, 0.05) is 10.0 Å². The van der Waals surface area contributed by atoms with Crippen molar-refractivity contribution in [1.82, 2.24) is 0 Å². The van der Waals surface area contributed by atoms with E-state index < -0.39 is 21.0 Å². The number of rotatable bonds is 5. The Balaban J connectivity index is 0.00000385. The van der Waals surface area contributed by atoms with Crippen LogP contribution in [0.2, 0.25) is 25.1 Å². The molecule has 3 N–H and O–H groups in total. The first-order valence-electron chi connectivity index (χ1n) is 8.41. The van der Waals surface area contributed by atoms with Crippen molar-refractivity contribution < 1.29 is 52.1 Å². The number of hydrogen-bond acceptors (Lipinski definition) is 4. The number of halogens is 5. The number of carbonyl (C=O) groups is 1. The minimum atomic E-state index is -4.65. The fourth-order valence-electron chi connectivity index (χ4n) is 2.47. The van der Waals surface area contributed by atoms with Gasteiger partial charge in [-0.3, -0.25) is 4.55 Å². The van der Waals surface area contributed by atoms with Crippen molar-refractivity contribution in [2.75, 3.05) is 10.6 Å². The topological polar surface area (TPSA) is 105 Å². The number of hydrogen-bond donors (Lipinski definition) is 3. The van der Waals surface area contributed by atoms with Crippen LogP contribution in [0.1, 0.15) is 0 Å². The van der Waals surface area contributed by atoms with Gasteiger partial charge in [-0.05, 0) is 48.5 Å². The predicted octanol–water partition coefficient (Wildman–Crippen LogP) is 4.64. The Morgan fingerprint density at radius 2 is 1.30 bits per heavy atom. The van der Waals surface area contributed by atoms with Crippen molar-refractivity contribution in [3.05, 3.63) is 73.6 Å². The number of anilines is 2. The zero-order valence-electron chi connectivity index (χ0n) is 16.5. The molecule has 0 radical (unpaired) electrons. The first kappa shape index (κ1) is 28.3. The molecule has 7 nitrogen and oxygen atoms in total. The van der Waals surface area contributed by atoms with Crippen molar-refractivity contribution in [3.63, 3.8) is 0 Å². The van der Waals surface area contributed by atoms with E-state index >= 15 is 0 Å². The van der Waals surface area contributed by atoms with Gasteiger partial charge < -0.3 is 15.4 Å². The summed E-state index contributed by atoms with van der Waals surface area (Å²) >= 11 is 29.7. The average molecular weight is 580 g/mol. The van der Waals surface area contributed by atoms with Gasteiger partial charge in [0.1, 0.15) is 10.6 Å². The average Bonchev–Trinajstić information content (AvgIpc) is 2.68. The molecule has 0 aliphatic heterocycles. The molecule has 0 unspecified atom stereocenters. The van der Waals surface area contributed by atoms with E-state index in [1.165, 1.54) is 42.5 Å². The summed E-state index contributed by atoms with van der Waals surface area (Å²) in [6, 6.07) is 9.87. The predicted molar refractivity (Wildman–Crippen MR) is 127 cm³/mol. The van der Waals surface area contributed by atoms with E-state index in [0.717, 1.165) is 6.07 Å². The Bertz CT molecular complexity index is 1320. The Kier molecular flexibility index (Phi) is 10.0. The van der Waals surface area contributed by atoms with Gasteiger partial charge in [0.2, 0.25) is 0 Å². The van der Waals surface area contributed by atoms with E-state index in [1.54, 1.807) is 0 Å². The molecule has 0 aliphatic rings. The number of amides is 2. The van der Waals surface area contributed by atoms with Crippen LogP contribution in [-0.2, 0) is 10.1 Å². The van der Waals surface area contributed by atoms with Gasteiger partial charge in [-0.1, -0.05) is 58.0 Å². The maximum atomic E-state index is 12.5. The summed E-state index contributed by atoms with van der Waals surface area (Å²) in [5.41, 5.74) is 0.275. The molecule has 3 aromatic rings. The maximum absolute atomic E-state index is 12.5. The molecule has 0 bridgehead atoms. The van der Waals surface area contributed by atoms with Crippen molar-refractivity contribution in [1.29, 1.82) is 0 Å². The Labute approximate surface area is 236 Å². The van der Waals surface area contributed by atoms with E-state index in [9.17, 15) is 17.8 Å². The molecule has 0 aliphatic carbocycles.